The van der Waals surface area contributed by atoms with Gasteiger partial charge in [-0.1, -0.05) is 31.5 Å². The maximum Gasteiger partial charge on any atom is 0.0963 e. The standard InChI is InChI=1S/C14H22N2S/c1-11-5-7-12(8-6-11)17-10-4-9-14(2,3)13(15)16/h5-8H,4,9-10H2,1-3H3,(H3,15,16). The zero-order chi connectivity index (χ0) is 12.9. The zero-order valence-corrected chi connectivity index (χ0v) is 11.7. The molecule has 0 aliphatic rings. The van der Waals surface area contributed by atoms with Crippen molar-refractivity contribution in [2.75, 3.05) is 5.75 Å². The van der Waals surface area contributed by atoms with E-state index in [-0.39, 0.29) is 11.3 Å². The van der Waals surface area contributed by atoms with Gasteiger partial charge in [0.05, 0.1) is 5.84 Å². The zero-order valence-electron chi connectivity index (χ0n) is 10.9. The van der Waals surface area contributed by atoms with Crippen LogP contribution in [0.25, 0.3) is 0 Å². The number of hydrogen-bond acceptors (Lipinski definition) is 2. The van der Waals surface area contributed by atoms with Gasteiger partial charge in [0.1, 0.15) is 0 Å². The van der Waals surface area contributed by atoms with Crippen molar-refractivity contribution in [2.45, 2.75) is 38.5 Å². The molecule has 2 nitrogen and oxygen atoms in total. The monoisotopic (exact) mass is 250 g/mol. The van der Waals surface area contributed by atoms with Crippen molar-refractivity contribution in [3.63, 3.8) is 0 Å². The van der Waals surface area contributed by atoms with Crippen LogP contribution in [0.1, 0.15) is 32.3 Å². The van der Waals surface area contributed by atoms with E-state index in [0.29, 0.717) is 0 Å². The number of hydrogen-bond donors (Lipinski definition) is 2. The summed E-state index contributed by atoms with van der Waals surface area (Å²) in [5.41, 5.74) is 6.70. The molecule has 0 aromatic heterocycles. The normalized spacial score (nSPS) is 11.5. The van der Waals surface area contributed by atoms with Gasteiger partial charge in [-0.2, -0.15) is 0 Å². The minimum Gasteiger partial charge on any atom is -0.387 e. The molecule has 1 aromatic carbocycles. The number of nitrogens with two attached hydrogens (primary N) is 1. The van der Waals surface area contributed by atoms with Crippen molar-refractivity contribution in [1.82, 2.24) is 0 Å². The molecular weight excluding hydrogens is 228 g/mol. The average molecular weight is 250 g/mol. The number of thioether (sulfide) groups is 1. The smallest absolute Gasteiger partial charge is 0.0963 e. The molecule has 3 N–H and O–H groups in total. The van der Waals surface area contributed by atoms with E-state index in [1.807, 2.05) is 25.6 Å². The summed E-state index contributed by atoms with van der Waals surface area (Å²) in [6, 6.07) is 8.61. The molecule has 94 valence electrons. The second-order valence-electron chi connectivity index (χ2n) is 5.06. The van der Waals surface area contributed by atoms with Crippen LogP contribution < -0.4 is 5.73 Å². The van der Waals surface area contributed by atoms with Gasteiger partial charge < -0.3 is 5.73 Å². The fraction of sp³-hybridized carbons (Fsp3) is 0.500. The van der Waals surface area contributed by atoms with Crippen LogP contribution in [-0.2, 0) is 0 Å². The van der Waals surface area contributed by atoms with Gasteiger partial charge >= 0.3 is 0 Å². The summed E-state index contributed by atoms with van der Waals surface area (Å²) < 4.78 is 0. The fourth-order valence-electron chi connectivity index (χ4n) is 1.47. The Labute approximate surface area is 108 Å². The van der Waals surface area contributed by atoms with Crippen molar-refractivity contribution in [3.8, 4) is 0 Å². The molecule has 0 atom stereocenters. The molecule has 0 unspecified atom stereocenters. The molecule has 0 fully saturated rings. The van der Waals surface area contributed by atoms with Crippen LogP contribution >= 0.6 is 11.8 Å². The quantitative estimate of drug-likeness (QED) is 0.349. The van der Waals surface area contributed by atoms with E-state index in [2.05, 4.69) is 31.2 Å². The third-order valence-corrected chi connectivity index (χ3v) is 4.06. The number of rotatable bonds is 6. The molecule has 0 saturated heterocycles. The summed E-state index contributed by atoms with van der Waals surface area (Å²) in [6.45, 7) is 6.17. The van der Waals surface area contributed by atoms with Crippen LogP contribution in [0.4, 0.5) is 0 Å². The lowest BCUT2D eigenvalue weighted by molar-refractivity contribution is 0.464. The van der Waals surface area contributed by atoms with E-state index >= 15 is 0 Å². The molecule has 1 rings (SSSR count). The first kappa shape index (κ1) is 14.1. The molecule has 0 radical (unpaired) electrons. The molecule has 0 heterocycles. The third-order valence-electron chi connectivity index (χ3n) is 2.96. The summed E-state index contributed by atoms with van der Waals surface area (Å²) >= 11 is 1.87. The van der Waals surface area contributed by atoms with Gasteiger partial charge in [-0.05, 0) is 37.7 Å². The SMILES string of the molecule is Cc1ccc(SCCCC(C)(C)C(=N)N)cc1. The van der Waals surface area contributed by atoms with E-state index in [0.717, 1.165) is 18.6 Å². The van der Waals surface area contributed by atoms with Crippen molar-refractivity contribution in [3.05, 3.63) is 29.8 Å². The van der Waals surface area contributed by atoms with Crippen molar-refractivity contribution in [2.24, 2.45) is 11.1 Å². The summed E-state index contributed by atoms with van der Waals surface area (Å²) in [4.78, 5) is 1.32. The van der Waals surface area contributed by atoms with Gasteiger partial charge in [0.15, 0.2) is 0 Å². The van der Waals surface area contributed by atoms with Gasteiger partial charge in [0.2, 0.25) is 0 Å². The Morgan fingerprint density at radius 1 is 1.29 bits per heavy atom. The summed E-state index contributed by atoms with van der Waals surface area (Å²) in [6.07, 6.45) is 2.06. The largest absolute Gasteiger partial charge is 0.387 e. The lowest BCUT2D eigenvalue weighted by atomic mass is 9.87. The van der Waals surface area contributed by atoms with Crippen LogP contribution in [0.5, 0.6) is 0 Å². The first-order valence-electron chi connectivity index (χ1n) is 5.96. The number of amidine groups is 1. The van der Waals surface area contributed by atoms with E-state index in [9.17, 15) is 0 Å². The lowest BCUT2D eigenvalue weighted by Crippen LogP contribution is -2.30. The highest BCUT2D eigenvalue weighted by atomic mass is 32.2. The Balaban J connectivity index is 2.29. The molecule has 0 spiro atoms. The van der Waals surface area contributed by atoms with E-state index < -0.39 is 0 Å². The number of benzene rings is 1. The Bertz CT molecular complexity index is 368. The molecule has 17 heavy (non-hydrogen) atoms. The van der Waals surface area contributed by atoms with Crippen molar-refractivity contribution >= 4 is 17.6 Å². The predicted molar refractivity (Wildman–Crippen MR) is 76.8 cm³/mol. The van der Waals surface area contributed by atoms with E-state index in [1.165, 1.54) is 10.5 Å². The van der Waals surface area contributed by atoms with Crippen molar-refractivity contribution < 1.29 is 0 Å². The molecule has 0 aliphatic heterocycles. The topological polar surface area (TPSA) is 49.9 Å². The predicted octanol–water partition coefficient (Wildman–Crippen LogP) is 3.83. The Morgan fingerprint density at radius 3 is 2.41 bits per heavy atom. The molecule has 1 aromatic rings. The Morgan fingerprint density at radius 2 is 1.88 bits per heavy atom. The number of nitrogens with one attached hydrogen (secondary N) is 1. The van der Waals surface area contributed by atoms with Gasteiger partial charge in [-0.3, -0.25) is 5.41 Å². The Hall–Kier alpha value is -0.960. The molecular formula is C14H22N2S. The van der Waals surface area contributed by atoms with Gasteiger partial charge in [0.25, 0.3) is 0 Å². The highest BCUT2D eigenvalue weighted by Crippen LogP contribution is 2.25. The molecule has 0 saturated carbocycles. The van der Waals surface area contributed by atoms with Gasteiger partial charge in [-0.15, -0.1) is 11.8 Å². The van der Waals surface area contributed by atoms with E-state index in [4.69, 9.17) is 11.1 Å². The fourth-order valence-corrected chi connectivity index (χ4v) is 2.33. The molecule has 0 amide bonds. The van der Waals surface area contributed by atoms with Gasteiger partial charge in [-0.25, -0.2) is 0 Å². The lowest BCUT2D eigenvalue weighted by Gasteiger charge is -2.22. The van der Waals surface area contributed by atoms with E-state index in [1.54, 1.807) is 0 Å². The highest BCUT2D eigenvalue weighted by Gasteiger charge is 2.20. The minimum absolute atomic E-state index is 0.159. The third kappa shape index (κ3) is 4.82. The van der Waals surface area contributed by atoms with Crippen LogP contribution in [-0.4, -0.2) is 11.6 Å². The highest BCUT2D eigenvalue weighted by molar-refractivity contribution is 7.99. The summed E-state index contributed by atoms with van der Waals surface area (Å²) in [5.74, 6) is 1.37. The second-order valence-corrected chi connectivity index (χ2v) is 6.23. The molecule has 0 bridgehead atoms. The van der Waals surface area contributed by atoms with Crippen LogP contribution in [0.3, 0.4) is 0 Å². The average Bonchev–Trinajstić information content (AvgIpc) is 2.26. The van der Waals surface area contributed by atoms with Crippen molar-refractivity contribution in [1.29, 1.82) is 5.41 Å². The second kappa shape index (κ2) is 6.10. The Kier molecular flexibility index (Phi) is 5.06. The van der Waals surface area contributed by atoms with Crippen LogP contribution in [0, 0.1) is 17.7 Å². The first-order chi connectivity index (χ1) is 7.92. The van der Waals surface area contributed by atoms with Crippen LogP contribution in [0.15, 0.2) is 29.2 Å². The molecule has 3 heteroatoms. The maximum atomic E-state index is 7.49. The number of aryl methyl sites for hydroxylation is 1. The summed E-state index contributed by atoms with van der Waals surface area (Å²) in [5, 5.41) is 7.49. The summed E-state index contributed by atoms with van der Waals surface area (Å²) in [7, 11) is 0. The maximum absolute atomic E-state index is 7.49. The van der Waals surface area contributed by atoms with Crippen LogP contribution in [0.2, 0.25) is 0 Å². The molecule has 0 aliphatic carbocycles. The van der Waals surface area contributed by atoms with Gasteiger partial charge in [0, 0.05) is 10.3 Å². The minimum atomic E-state index is -0.159. The first-order valence-corrected chi connectivity index (χ1v) is 6.94.